The molecular formula is C21H25N5O2S. The second-order valence-corrected chi connectivity index (χ2v) is 8.10. The first-order valence-corrected chi connectivity index (χ1v) is 10.2. The summed E-state index contributed by atoms with van der Waals surface area (Å²) in [5, 5.41) is 9.36. The number of hydrogen-bond acceptors (Lipinski definition) is 6. The molecule has 0 spiro atoms. The Morgan fingerprint density at radius 2 is 2.03 bits per heavy atom. The molecule has 0 atom stereocenters. The molecule has 0 fully saturated rings. The Morgan fingerprint density at radius 1 is 1.17 bits per heavy atom. The molecule has 0 saturated carbocycles. The number of aryl methyl sites for hydroxylation is 1. The Balaban J connectivity index is 1.56. The molecule has 0 aliphatic rings. The smallest absolute Gasteiger partial charge is 0.325 e. The monoisotopic (exact) mass is 411 g/mol. The van der Waals surface area contributed by atoms with Gasteiger partial charge in [-0.15, -0.1) is 0 Å². The summed E-state index contributed by atoms with van der Waals surface area (Å²) in [7, 11) is 0. The highest BCUT2D eigenvalue weighted by Crippen LogP contribution is 2.27. The second-order valence-electron chi connectivity index (χ2n) is 6.98. The van der Waals surface area contributed by atoms with E-state index in [0.717, 1.165) is 16.3 Å². The number of thiazole rings is 1. The standard InChI is InChI=1S/C21H25N5O2S/c1-14(2)13-28-18-10-15(3)7-8-17(18)25-20(27)26-21-24-12-16(29-21)11-23-19-6-4-5-9-22-19/h4-10,12,14H,11,13H2,1-3H3,(H,22,23)(H2,24,25,26,27). The van der Waals surface area contributed by atoms with Gasteiger partial charge in [0.05, 0.1) is 18.8 Å². The number of anilines is 3. The minimum Gasteiger partial charge on any atom is -0.491 e. The van der Waals surface area contributed by atoms with Gasteiger partial charge in [-0.2, -0.15) is 0 Å². The minimum absolute atomic E-state index is 0.359. The topological polar surface area (TPSA) is 88.2 Å². The van der Waals surface area contributed by atoms with Crippen LogP contribution in [0.4, 0.5) is 21.4 Å². The lowest BCUT2D eigenvalue weighted by molar-refractivity contribution is 0.260. The number of pyridine rings is 1. The fourth-order valence-electron chi connectivity index (χ4n) is 2.45. The zero-order valence-electron chi connectivity index (χ0n) is 16.7. The maximum absolute atomic E-state index is 12.4. The van der Waals surface area contributed by atoms with Crippen molar-refractivity contribution in [2.75, 3.05) is 22.6 Å². The molecule has 3 N–H and O–H groups in total. The van der Waals surface area contributed by atoms with Crippen molar-refractivity contribution in [3.8, 4) is 5.75 Å². The molecule has 2 amide bonds. The largest absolute Gasteiger partial charge is 0.491 e. The van der Waals surface area contributed by atoms with Crippen molar-refractivity contribution in [3.05, 3.63) is 59.2 Å². The summed E-state index contributed by atoms with van der Waals surface area (Å²) in [4.78, 5) is 21.9. The Kier molecular flexibility index (Phi) is 7.02. The number of hydrogen-bond donors (Lipinski definition) is 3. The zero-order valence-corrected chi connectivity index (χ0v) is 17.5. The lowest BCUT2D eigenvalue weighted by atomic mass is 10.2. The Hall–Kier alpha value is -3.13. The number of nitrogens with one attached hydrogen (secondary N) is 3. The molecule has 1 aromatic carbocycles. The summed E-state index contributed by atoms with van der Waals surface area (Å²) in [6, 6.07) is 11.0. The van der Waals surface area contributed by atoms with Crippen molar-refractivity contribution in [3.63, 3.8) is 0 Å². The van der Waals surface area contributed by atoms with Gasteiger partial charge in [-0.05, 0) is 42.7 Å². The number of nitrogens with zero attached hydrogens (tertiary/aromatic N) is 2. The van der Waals surface area contributed by atoms with Crippen molar-refractivity contribution in [1.82, 2.24) is 9.97 Å². The lowest BCUT2D eigenvalue weighted by Crippen LogP contribution is -2.20. The summed E-state index contributed by atoms with van der Waals surface area (Å²) < 4.78 is 5.84. The van der Waals surface area contributed by atoms with Crippen LogP contribution >= 0.6 is 11.3 Å². The Labute approximate surface area is 174 Å². The molecule has 0 saturated heterocycles. The molecule has 7 nitrogen and oxygen atoms in total. The van der Waals surface area contributed by atoms with Crippen LogP contribution in [0.2, 0.25) is 0 Å². The fourth-order valence-corrected chi connectivity index (χ4v) is 3.20. The van der Waals surface area contributed by atoms with E-state index >= 15 is 0 Å². The highest BCUT2D eigenvalue weighted by Gasteiger charge is 2.11. The van der Waals surface area contributed by atoms with Crippen molar-refractivity contribution in [2.24, 2.45) is 5.92 Å². The highest BCUT2D eigenvalue weighted by molar-refractivity contribution is 7.15. The van der Waals surface area contributed by atoms with Gasteiger partial charge in [0.1, 0.15) is 11.6 Å². The SMILES string of the molecule is Cc1ccc(NC(=O)Nc2ncc(CNc3ccccn3)s2)c(OCC(C)C)c1. The molecule has 0 radical (unpaired) electrons. The number of urea groups is 1. The van der Waals surface area contributed by atoms with Crippen LogP contribution in [-0.2, 0) is 6.54 Å². The van der Waals surface area contributed by atoms with Crippen LogP contribution in [-0.4, -0.2) is 22.6 Å². The van der Waals surface area contributed by atoms with E-state index in [1.54, 1.807) is 12.4 Å². The quantitative estimate of drug-likeness (QED) is 0.478. The van der Waals surface area contributed by atoms with Gasteiger partial charge in [-0.3, -0.25) is 5.32 Å². The first kappa shape index (κ1) is 20.6. The van der Waals surface area contributed by atoms with Gasteiger partial charge in [-0.25, -0.2) is 14.8 Å². The van der Waals surface area contributed by atoms with Crippen LogP contribution < -0.4 is 20.7 Å². The van der Waals surface area contributed by atoms with E-state index in [0.29, 0.717) is 35.6 Å². The Morgan fingerprint density at radius 3 is 2.79 bits per heavy atom. The van der Waals surface area contributed by atoms with E-state index in [4.69, 9.17) is 4.74 Å². The van der Waals surface area contributed by atoms with Crippen LogP contribution in [0.15, 0.2) is 48.8 Å². The predicted octanol–water partition coefficient (Wildman–Crippen LogP) is 5.14. The summed E-state index contributed by atoms with van der Waals surface area (Å²) in [5.74, 6) is 1.85. The maximum atomic E-state index is 12.4. The zero-order chi connectivity index (χ0) is 20.6. The third kappa shape index (κ3) is 6.46. The first-order valence-electron chi connectivity index (χ1n) is 9.40. The van der Waals surface area contributed by atoms with E-state index in [1.165, 1.54) is 11.3 Å². The normalized spacial score (nSPS) is 10.6. The third-order valence-electron chi connectivity index (χ3n) is 3.84. The summed E-state index contributed by atoms with van der Waals surface area (Å²) in [5.41, 5.74) is 1.70. The minimum atomic E-state index is -0.359. The fraction of sp³-hybridized carbons (Fsp3) is 0.286. The first-order chi connectivity index (χ1) is 14.0. The molecular weight excluding hydrogens is 386 g/mol. The molecule has 152 valence electrons. The summed E-state index contributed by atoms with van der Waals surface area (Å²) in [6.45, 7) is 7.32. The van der Waals surface area contributed by atoms with E-state index < -0.39 is 0 Å². The molecule has 2 heterocycles. The van der Waals surface area contributed by atoms with E-state index in [-0.39, 0.29) is 6.03 Å². The molecule has 0 aliphatic carbocycles. The highest BCUT2D eigenvalue weighted by atomic mass is 32.1. The van der Waals surface area contributed by atoms with E-state index in [2.05, 4.69) is 39.8 Å². The van der Waals surface area contributed by atoms with Gasteiger partial charge < -0.3 is 15.4 Å². The van der Waals surface area contributed by atoms with Gasteiger partial charge in [0.2, 0.25) is 0 Å². The number of rotatable bonds is 8. The lowest BCUT2D eigenvalue weighted by Gasteiger charge is -2.14. The molecule has 3 rings (SSSR count). The van der Waals surface area contributed by atoms with Gasteiger partial charge in [-0.1, -0.05) is 37.3 Å². The molecule has 2 aromatic heterocycles. The van der Waals surface area contributed by atoms with Crippen molar-refractivity contribution >= 4 is 34.0 Å². The number of carbonyl (C=O) groups excluding carboxylic acids is 1. The number of amides is 2. The van der Waals surface area contributed by atoms with Crippen molar-refractivity contribution in [2.45, 2.75) is 27.3 Å². The number of ether oxygens (including phenoxy) is 1. The average Bonchev–Trinajstić information content (AvgIpc) is 3.14. The van der Waals surface area contributed by atoms with E-state index in [1.807, 2.05) is 43.3 Å². The predicted molar refractivity (Wildman–Crippen MR) is 118 cm³/mol. The molecule has 8 heteroatoms. The molecule has 29 heavy (non-hydrogen) atoms. The van der Waals surface area contributed by atoms with Crippen LogP contribution in [0.5, 0.6) is 5.75 Å². The second kappa shape index (κ2) is 9.88. The van der Waals surface area contributed by atoms with Gasteiger partial charge in [0, 0.05) is 17.3 Å². The molecule has 0 bridgehead atoms. The van der Waals surface area contributed by atoms with Crippen LogP contribution in [0.1, 0.15) is 24.3 Å². The average molecular weight is 412 g/mol. The van der Waals surface area contributed by atoms with Crippen LogP contribution in [0.25, 0.3) is 0 Å². The third-order valence-corrected chi connectivity index (χ3v) is 4.75. The maximum Gasteiger partial charge on any atom is 0.325 e. The summed E-state index contributed by atoms with van der Waals surface area (Å²) >= 11 is 1.41. The van der Waals surface area contributed by atoms with Gasteiger partial charge in [0.15, 0.2) is 5.13 Å². The van der Waals surface area contributed by atoms with Gasteiger partial charge >= 0.3 is 6.03 Å². The van der Waals surface area contributed by atoms with Gasteiger partial charge in [0.25, 0.3) is 0 Å². The molecule has 0 aliphatic heterocycles. The van der Waals surface area contributed by atoms with E-state index in [9.17, 15) is 4.79 Å². The van der Waals surface area contributed by atoms with Crippen LogP contribution in [0, 0.1) is 12.8 Å². The number of benzene rings is 1. The number of aromatic nitrogens is 2. The van der Waals surface area contributed by atoms with Crippen molar-refractivity contribution < 1.29 is 9.53 Å². The Bertz CT molecular complexity index is 943. The van der Waals surface area contributed by atoms with Crippen LogP contribution in [0.3, 0.4) is 0 Å². The number of carbonyl (C=O) groups is 1. The van der Waals surface area contributed by atoms with Crippen molar-refractivity contribution in [1.29, 1.82) is 0 Å². The summed E-state index contributed by atoms with van der Waals surface area (Å²) in [6.07, 6.45) is 3.47. The molecule has 3 aromatic rings. The molecule has 0 unspecified atom stereocenters.